The van der Waals surface area contributed by atoms with Crippen LogP contribution in [0.2, 0.25) is 0 Å². The lowest BCUT2D eigenvalue weighted by Gasteiger charge is -2.11. The van der Waals surface area contributed by atoms with Gasteiger partial charge in [0.2, 0.25) is 11.0 Å². The van der Waals surface area contributed by atoms with Crippen LogP contribution in [-0.4, -0.2) is 37.6 Å². The second-order valence-corrected chi connectivity index (χ2v) is 9.73. The van der Waals surface area contributed by atoms with Crippen LogP contribution in [0, 0.1) is 0 Å². The molecule has 0 bridgehead atoms. The Bertz CT molecular complexity index is 980. The molecule has 2 aromatic rings. The lowest BCUT2D eigenvalue weighted by molar-refractivity contribution is -0.115. The number of thiophene rings is 1. The zero-order valence-electron chi connectivity index (χ0n) is 14.7. The van der Waals surface area contributed by atoms with Gasteiger partial charge in [-0.2, -0.15) is 8.42 Å². The quantitative estimate of drug-likeness (QED) is 0.532. The van der Waals surface area contributed by atoms with Gasteiger partial charge in [0.15, 0.2) is 0 Å². The molecular weight excluding hydrogens is 412 g/mol. The Kier molecular flexibility index (Phi) is 5.77. The Morgan fingerprint density at radius 3 is 2.63 bits per heavy atom. The maximum absolute atomic E-state index is 12.7. The van der Waals surface area contributed by atoms with Gasteiger partial charge in [-0.05, 0) is 31.2 Å². The number of anilines is 2. The molecule has 0 atom stereocenters. The van der Waals surface area contributed by atoms with Gasteiger partial charge in [-0.3, -0.25) is 9.52 Å². The number of aromatic nitrogens is 2. The topological polar surface area (TPSA) is 127 Å². The Morgan fingerprint density at radius 1 is 1.19 bits per heavy atom. The van der Waals surface area contributed by atoms with Crippen LogP contribution < -0.4 is 10.0 Å². The highest BCUT2D eigenvalue weighted by molar-refractivity contribution is 7.94. The number of sulfonamides is 1. The fourth-order valence-corrected chi connectivity index (χ4v) is 6.20. The van der Waals surface area contributed by atoms with Crippen LogP contribution >= 0.6 is 22.7 Å². The van der Waals surface area contributed by atoms with E-state index in [1.165, 1.54) is 18.4 Å². The summed E-state index contributed by atoms with van der Waals surface area (Å²) < 4.78 is 32.4. The van der Waals surface area contributed by atoms with Crippen molar-refractivity contribution in [3.63, 3.8) is 0 Å². The van der Waals surface area contributed by atoms with Gasteiger partial charge in [-0.25, -0.2) is 4.79 Å². The van der Waals surface area contributed by atoms with Gasteiger partial charge in [0.1, 0.15) is 5.00 Å². The number of fused-ring (bicyclic) bond motifs is 1. The summed E-state index contributed by atoms with van der Waals surface area (Å²) in [6.45, 7) is 1.67. The van der Waals surface area contributed by atoms with Crippen LogP contribution in [0.25, 0.3) is 0 Å². The summed E-state index contributed by atoms with van der Waals surface area (Å²) in [6, 6.07) is 0. The average molecular weight is 431 g/mol. The molecule has 12 heteroatoms. The van der Waals surface area contributed by atoms with Gasteiger partial charge >= 0.3 is 5.97 Å². The molecule has 1 aliphatic carbocycles. The van der Waals surface area contributed by atoms with E-state index in [9.17, 15) is 18.0 Å². The van der Waals surface area contributed by atoms with Gasteiger partial charge in [0, 0.05) is 11.3 Å². The van der Waals surface area contributed by atoms with Crippen molar-refractivity contribution in [1.29, 1.82) is 0 Å². The fourth-order valence-electron chi connectivity index (χ4n) is 2.70. The van der Waals surface area contributed by atoms with E-state index in [4.69, 9.17) is 4.74 Å². The number of amides is 1. The van der Waals surface area contributed by atoms with Crippen molar-refractivity contribution >= 4 is 54.7 Å². The van der Waals surface area contributed by atoms with Crippen molar-refractivity contribution < 1.29 is 22.7 Å². The summed E-state index contributed by atoms with van der Waals surface area (Å²) in [5.74, 6) is -0.859. The first-order valence-corrected chi connectivity index (χ1v) is 11.4. The van der Waals surface area contributed by atoms with Gasteiger partial charge in [0.25, 0.3) is 14.4 Å². The van der Waals surface area contributed by atoms with Crippen molar-refractivity contribution in [3.8, 4) is 0 Å². The minimum Gasteiger partial charge on any atom is -0.465 e. The normalized spacial score (nSPS) is 13.7. The summed E-state index contributed by atoms with van der Waals surface area (Å²) in [5.41, 5.74) is 1.12. The molecule has 146 valence electrons. The monoisotopic (exact) mass is 430 g/mol. The molecule has 0 saturated heterocycles. The van der Waals surface area contributed by atoms with E-state index in [0.717, 1.165) is 41.0 Å². The fraction of sp³-hybridized carbons (Fsp3) is 0.467. The third kappa shape index (κ3) is 4.12. The molecule has 1 amide bonds. The Labute approximate surface area is 164 Å². The predicted molar refractivity (Wildman–Crippen MR) is 102 cm³/mol. The summed E-state index contributed by atoms with van der Waals surface area (Å²) in [4.78, 5) is 24.6. The maximum Gasteiger partial charge on any atom is 0.341 e. The zero-order valence-corrected chi connectivity index (χ0v) is 17.1. The number of nitrogens with one attached hydrogen (secondary N) is 2. The van der Waals surface area contributed by atoms with Crippen molar-refractivity contribution in [2.45, 2.75) is 43.4 Å². The molecule has 2 heterocycles. The molecule has 0 fully saturated rings. The molecule has 1 aliphatic rings. The molecule has 0 aromatic carbocycles. The molecule has 9 nitrogen and oxygen atoms in total. The molecule has 27 heavy (non-hydrogen) atoms. The Morgan fingerprint density at radius 2 is 1.93 bits per heavy atom. The highest BCUT2D eigenvalue weighted by Gasteiger charge is 2.30. The third-order valence-electron chi connectivity index (χ3n) is 3.99. The number of ether oxygens (including phenoxy) is 1. The first-order chi connectivity index (χ1) is 12.9. The van der Waals surface area contributed by atoms with Crippen molar-refractivity contribution in [2.24, 2.45) is 0 Å². The van der Waals surface area contributed by atoms with E-state index in [0.29, 0.717) is 6.42 Å². The van der Waals surface area contributed by atoms with E-state index < -0.39 is 16.0 Å². The highest BCUT2D eigenvalue weighted by atomic mass is 32.2. The number of aryl methyl sites for hydroxylation is 1. The van der Waals surface area contributed by atoms with E-state index in [2.05, 4.69) is 20.2 Å². The van der Waals surface area contributed by atoms with Gasteiger partial charge in [-0.1, -0.05) is 18.3 Å². The van der Waals surface area contributed by atoms with E-state index in [-0.39, 0.29) is 32.4 Å². The number of hydrogen-bond donors (Lipinski definition) is 2. The van der Waals surface area contributed by atoms with Crippen molar-refractivity contribution in [3.05, 3.63) is 16.0 Å². The van der Waals surface area contributed by atoms with Crippen LogP contribution in [0.1, 0.15) is 47.0 Å². The van der Waals surface area contributed by atoms with Crippen LogP contribution in [0.15, 0.2) is 4.34 Å². The number of esters is 1. The lowest BCUT2D eigenvalue weighted by Crippen LogP contribution is -2.15. The van der Waals surface area contributed by atoms with E-state index in [1.807, 2.05) is 0 Å². The molecule has 0 saturated carbocycles. The van der Waals surface area contributed by atoms with Crippen LogP contribution in [0.3, 0.4) is 0 Å². The van der Waals surface area contributed by atoms with Crippen LogP contribution in [0.5, 0.6) is 0 Å². The second-order valence-electron chi connectivity index (χ2n) is 5.79. The van der Waals surface area contributed by atoms with Crippen LogP contribution in [-0.2, 0) is 32.4 Å². The molecule has 0 aliphatic heterocycles. The van der Waals surface area contributed by atoms with E-state index >= 15 is 0 Å². The maximum atomic E-state index is 12.7. The SMILES string of the molecule is CCC(=O)Nc1nnc(S(=O)(=O)Nc2sc3c(c2C(=O)OC)CCCC3)s1. The first-order valence-electron chi connectivity index (χ1n) is 8.24. The molecule has 3 rings (SSSR count). The lowest BCUT2D eigenvalue weighted by atomic mass is 9.95. The van der Waals surface area contributed by atoms with Gasteiger partial charge < -0.3 is 10.1 Å². The number of rotatable bonds is 6. The highest BCUT2D eigenvalue weighted by Crippen LogP contribution is 2.39. The average Bonchev–Trinajstić information content (AvgIpc) is 3.25. The third-order valence-corrected chi connectivity index (χ3v) is 7.88. The summed E-state index contributed by atoms with van der Waals surface area (Å²) in [5, 5.41) is 10.1. The Hall–Kier alpha value is -2.05. The standard InChI is InChI=1S/C15H18N4O5S3/c1-3-10(20)16-14-17-18-15(26-14)27(22,23)19-12-11(13(21)24-2)8-6-4-5-7-9(8)25-12/h19H,3-7H2,1-2H3,(H,16,17,20). The zero-order chi connectivity index (χ0) is 19.6. The smallest absolute Gasteiger partial charge is 0.341 e. The van der Waals surface area contributed by atoms with Crippen molar-refractivity contribution in [2.75, 3.05) is 17.1 Å². The van der Waals surface area contributed by atoms with E-state index in [1.54, 1.807) is 6.92 Å². The minimum atomic E-state index is -4.05. The van der Waals surface area contributed by atoms with Crippen LogP contribution in [0.4, 0.5) is 10.1 Å². The molecule has 0 radical (unpaired) electrons. The molecule has 2 N–H and O–H groups in total. The summed E-state index contributed by atoms with van der Waals surface area (Å²) in [7, 11) is -2.79. The largest absolute Gasteiger partial charge is 0.465 e. The molecule has 2 aromatic heterocycles. The number of carbonyl (C=O) groups excluding carboxylic acids is 2. The number of carbonyl (C=O) groups is 2. The Balaban J connectivity index is 1.91. The van der Waals surface area contributed by atoms with Gasteiger partial charge in [-0.15, -0.1) is 21.5 Å². The second kappa shape index (κ2) is 7.90. The molecule has 0 spiro atoms. The summed E-state index contributed by atoms with van der Waals surface area (Å²) >= 11 is 1.99. The number of nitrogens with zero attached hydrogens (tertiary/aromatic N) is 2. The van der Waals surface area contributed by atoms with Gasteiger partial charge in [0.05, 0.1) is 12.7 Å². The first kappa shape index (κ1) is 19.7. The summed E-state index contributed by atoms with van der Waals surface area (Å²) in [6.07, 6.45) is 3.69. The number of methoxy groups -OCH3 is 1. The minimum absolute atomic E-state index is 0.0980. The molecule has 0 unspecified atom stereocenters. The predicted octanol–water partition coefficient (Wildman–Crippen LogP) is 2.41. The van der Waals surface area contributed by atoms with Crippen molar-refractivity contribution in [1.82, 2.24) is 10.2 Å². The molecular formula is C15H18N4O5S3. The number of hydrogen-bond acceptors (Lipinski definition) is 9.